The monoisotopic (exact) mass is 373 g/mol. The van der Waals surface area contributed by atoms with E-state index >= 15 is 0 Å². The maximum atomic E-state index is 12.4. The zero-order valence-electron chi connectivity index (χ0n) is 13.0. The highest BCUT2D eigenvalue weighted by Crippen LogP contribution is 2.36. The van der Waals surface area contributed by atoms with Gasteiger partial charge >= 0.3 is 0 Å². The molecular weight excluding hydrogens is 357 g/mol. The number of hydrogen-bond donors (Lipinski definition) is 0. The first-order valence-electron chi connectivity index (χ1n) is 7.06. The van der Waals surface area contributed by atoms with Gasteiger partial charge in [-0.15, -0.1) is 23.2 Å². The summed E-state index contributed by atoms with van der Waals surface area (Å²) in [5.41, 5.74) is 0.497. The highest BCUT2D eigenvalue weighted by Gasteiger charge is 2.45. The third-order valence-corrected chi connectivity index (χ3v) is 6.13. The standard InChI is InChI=1S/C16H17Cl2NO3S/c1-10(2)12-9-13(16(3,18)15(17)14(12)20)19-23(21,22)11-7-5-4-6-8-11/h4-10,15H,1-3H3/t15-,16+/m0/s1. The van der Waals surface area contributed by atoms with Gasteiger partial charge in [0.1, 0.15) is 10.3 Å². The van der Waals surface area contributed by atoms with Crippen LogP contribution in [0.2, 0.25) is 0 Å². The number of halogens is 2. The van der Waals surface area contributed by atoms with Crippen LogP contribution < -0.4 is 0 Å². The Morgan fingerprint density at radius 1 is 1.22 bits per heavy atom. The van der Waals surface area contributed by atoms with E-state index in [1.165, 1.54) is 25.1 Å². The molecule has 0 saturated carbocycles. The lowest BCUT2D eigenvalue weighted by Gasteiger charge is -2.32. The summed E-state index contributed by atoms with van der Waals surface area (Å²) in [5.74, 6) is -0.406. The molecule has 0 fully saturated rings. The normalized spacial score (nSPS) is 27.4. The van der Waals surface area contributed by atoms with Gasteiger partial charge in [0, 0.05) is 5.57 Å². The molecule has 0 spiro atoms. The minimum Gasteiger partial charge on any atom is -0.293 e. The topological polar surface area (TPSA) is 63.6 Å². The van der Waals surface area contributed by atoms with Crippen molar-refractivity contribution in [2.45, 2.75) is 35.9 Å². The second kappa shape index (κ2) is 6.38. The molecule has 2 atom stereocenters. The van der Waals surface area contributed by atoms with Crippen molar-refractivity contribution in [2.75, 3.05) is 0 Å². The van der Waals surface area contributed by atoms with E-state index in [0.29, 0.717) is 5.57 Å². The van der Waals surface area contributed by atoms with Crippen molar-refractivity contribution in [1.82, 2.24) is 0 Å². The van der Waals surface area contributed by atoms with E-state index in [1.54, 1.807) is 18.2 Å². The quantitative estimate of drug-likeness (QED) is 0.760. The van der Waals surface area contributed by atoms with E-state index in [9.17, 15) is 13.2 Å². The Morgan fingerprint density at radius 2 is 1.78 bits per heavy atom. The number of carbonyl (C=O) groups is 1. The molecule has 7 heteroatoms. The van der Waals surface area contributed by atoms with Crippen LogP contribution in [0.5, 0.6) is 0 Å². The molecule has 2 rings (SSSR count). The average molecular weight is 374 g/mol. The number of nitrogens with zero attached hydrogens (tertiary/aromatic N) is 1. The Kier molecular flexibility index (Phi) is 5.04. The predicted molar refractivity (Wildman–Crippen MR) is 92.9 cm³/mol. The van der Waals surface area contributed by atoms with Crippen molar-refractivity contribution in [3.05, 3.63) is 42.0 Å². The maximum Gasteiger partial charge on any atom is 0.282 e. The molecule has 23 heavy (non-hydrogen) atoms. The number of alkyl halides is 2. The van der Waals surface area contributed by atoms with Crippen LogP contribution in [0.3, 0.4) is 0 Å². The fourth-order valence-electron chi connectivity index (χ4n) is 2.22. The molecule has 1 aromatic rings. The summed E-state index contributed by atoms with van der Waals surface area (Å²) < 4.78 is 28.8. The van der Waals surface area contributed by atoms with Crippen molar-refractivity contribution in [1.29, 1.82) is 0 Å². The zero-order valence-corrected chi connectivity index (χ0v) is 15.3. The van der Waals surface area contributed by atoms with E-state index in [4.69, 9.17) is 23.2 Å². The Balaban J connectivity index is 2.61. The van der Waals surface area contributed by atoms with Crippen LogP contribution in [0.15, 0.2) is 51.3 Å². The van der Waals surface area contributed by atoms with Crippen molar-refractivity contribution < 1.29 is 13.2 Å². The van der Waals surface area contributed by atoms with Crippen LogP contribution in [-0.4, -0.2) is 30.2 Å². The summed E-state index contributed by atoms with van der Waals surface area (Å²) in [6, 6.07) is 7.82. The number of allylic oxidation sites excluding steroid dienone is 2. The molecule has 1 aromatic carbocycles. The van der Waals surface area contributed by atoms with Gasteiger partial charge in [-0.25, -0.2) is 0 Å². The second-order valence-electron chi connectivity index (χ2n) is 5.82. The summed E-state index contributed by atoms with van der Waals surface area (Å²) in [7, 11) is -3.93. The zero-order chi connectivity index (χ0) is 17.4. The third kappa shape index (κ3) is 3.52. The lowest BCUT2D eigenvalue weighted by Crippen LogP contribution is -2.47. The van der Waals surface area contributed by atoms with Crippen LogP contribution in [0.25, 0.3) is 0 Å². The van der Waals surface area contributed by atoms with Gasteiger partial charge in [0.2, 0.25) is 0 Å². The fourth-order valence-corrected chi connectivity index (χ4v) is 3.81. The number of sulfonamides is 1. The van der Waals surface area contributed by atoms with E-state index in [1.807, 2.05) is 13.8 Å². The average Bonchev–Trinajstić information content (AvgIpc) is 2.49. The van der Waals surface area contributed by atoms with E-state index in [2.05, 4.69) is 4.40 Å². The first kappa shape index (κ1) is 18.2. The molecule has 0 heterocycles. The summed E-state index contributed by atoms with van der Waals surface area (Å²) >= 11 is 12.5. The van der Waals surface area contributed by atoms with Gasteiger partial charge in [0.05, 0.1) is 10.6 Å². The van der Waals surface area contributed by atoms with Crippen LogP contribution in [0, 0.1) is 5.92 Å². The van der Waals surface area contributed by atoms with Crippen molar-refractivity contribution >= 4 is 44.7 Å². The SMILES string of the molecule is CC(C)C1=CC(=NS(=O)(=O)c2ccccc2)[C@@](C)(Cl)[C@@H](Cl)C1=O. The highest BCUT2D eigenvalue weighted by atomic mass is 35.5. The summed E-state index contributed by atoms with van der Waals surface area (Å²) in [5, 5.41) is -1.07. The number of ketones is 1. The smallest absolute Gasteiger partial charge is 0.282 e. The molecule has 4 nitrogen and oxygen atoms in total. The number of hydrogen-bond acceptors (Lipinski definition) is 3. The molecule has 1 aliphatic rings. The Morgan fingerprint density at radius 3 is 2.30 bits per heavy atom. The second-order valence-corrected chi connectivity index (χ2v) is 8.65. The molecular formula is C16H17Cl2NO3S. The van der Waals surface area contributed by atoms with Crippen molar-refractivity contribution in [3.8, 4) is 0 Å². The number of carbonyl (C=O) groups excluding carboxylic acids is 1. The molecule has 0 saturated heterocycles. The summed E-state index contributed by atoms with van der Waals surface area (Å²) in [4.78, 5) is 10.9. The molecule has 0 aliphatic heterocycles. The van der Waals surface area contributed by atoms with Gasteiger partial charge in [0.25, 0.3) is 10.0 Å². The Bertz CT molecular complexity index is 781. The fraction of sp³-hybridized carbons (Fsp3) is 0.375. The van der Waals surface area contributed by atoms with Crippen LogP contribution in [0.4, 0.5) is 0 Å². The molecule has 0 radical (unpaired) electrons. The first-order valence-corrected chi connectivity index (χ1v) is 9.32. The summed E-state index contributed by atoms with van der Waals surface area (Å²) in [6.45, 7) is 5.15. The maximum absolute atomic E-state index is 12.4. The third-order valence-electron chi connectivity index (χ3n) is 3.67. The van der Waals surface area contributed by atoms with Gasteiger partial charge in [-0.1, -0.05) is 32.0 Å². The van der Waals surface area contributed by atoms with E-state index < -0.39 is 20.3 Å². The first-order chi connectivity index (χ1) is 10.6. The lowest BCUT2D eigenvalue weighted by atomic mass is 9.83. The Hall–Kier alpha value is -1.17. The minimum atomic E-state index is -3.93. The number of benzene rings is 1. The van der Waals surface area contributed by atoms with Gasteiger partial charge in [-0.3, -0.25) is 4.79 Å². The van der Waals surface area contributed by atoms with Crippen molar-refractivity contribution in [2.24, 2.45) is 10.3 Å². The Labute approximate surface area is 146 Å². The van der Waals surface area contributed by atoms with Crippen LogP contribution in [-0.2, 0) is 14.8 Å². The predicted octanol–water partition coefficient (Wildman–Crippen LogP) is 3.59. The molecule has 1 aliphatic carbocycles. The molecule has 124 valence electrons. The van der Waals surface area contributed by atoms with E-state index in [-0.39, 0.29) is 22.3 Å². The molecule has 0 amide bonds. The number of Topliss-reactive ketones (excluding diaryl/α,β-unsaturated/α-hetero) is 1. The van der Waals surface area contributed by atoms with Gasteiger partial charge in [-0.2, -0.15) is 12.8 Å². The molecule has 0 bridgehead atoms. The molecule has 0 unspecified atom stereocenters. The minimum absolute atomic E-state index is 0.0579. The van der Waals surface area contributed by atoms with Gasteiger partial charge in [-0.05, 0) is 31.1 Å². The largest absolute Gasteiger partial charge is 0.293 e. The van der Waals surface area contributed by atoms with Crippen molar-refractivity contribution in [3.63, 3.8) is 0 Å². The number of rotatable bonds is 3. The van der Waals surface area contributed by atoms with Gasteiger partial charge < -0.3 is 0 Å². The lowest BCUT2D eigenvalue weighted by molar-refractivity contribution is -0.116. The van der Waals surface area contributed by atoms with Crippen LogP contribution in [0.1, 0.15) is 20.8 Å². The highest BCUT2D eigenvalue weighted by molar-refractivity contribution is 7.90. The van der Waals surface area contributed by atoms with Crippen LogP contribution >= 0.6 is 23.2 Å². The molecule has 0 aromatic heterocycles. The van der Waals surface area contributed by atoms with E-state index in [0.717, 1.165) is 0 Å². The summed E-state index contributed by atoms with van der Waals surface area (Å²) in [6.07, 6.45) is 1.44. The molecule has 0 N–H and O–H groups in total. The van der Waals surface area contributed by atoms with Gasteiger partial charge in [0.15, 0.2) is 5.78 Å².